The van der Waals surface area contributed by atoms with Gasteiger partial charge in [0.2, 0.25) is 0 Å². The summed E-state index contributed by atoms with van der Waals surface area (Å²) in [7, 11) is 1.69. The molecule has 0 radical (unpaired) electrons. The van der Waals surface area contributed by atoms with Crippen LogP contribution in [-0.2, 0) is 14.2 Å². The largest absolute Gasteiger partial charge is 0.385 e. The number of rotatable bonds is 10. The molecule has 4 nitrogen and oxygen atoms in total. The van der Waals surface area contributed by atoms with Gasteiger partial charge in [0.1, 0.15) is 0 Å². The van der Waals surface area contributed by atoms with Crippen molar-refractivity contribution in [3.8, 4) is 0 Å². The third-order valence-corrected chi connectivity index (χ3v) is 1.73. The zero-order valence-electron chi connectivity index (χ0n) is 9.33. The first-order valence-corrected chi connectivity index (χ1v) is 5.17. The van der Waals surface area contributed by atoms with Crippen molar-refractivity contribution in [1.82, 2.24) is 0 Å². The molecule has 0 saturated carbocycles. The predicted molar refractivity (Wildman–Crippen MR) is 56.4 cm³/mol. The lowest BCUT2D eigenvalue weighted by Crippen LogP contribution is -2.18. The van der Waals surface area contributed by atoms with Crippen LogP contribution in [0.3, 0.4) is 0 Å². The molecule has 0 fully saturated rings. The summed E-state index contributed by atoms with van der Waals surface area (Å²) in [6, 6.07) is 0.220. The van der Waals surface area contributed by atoms with E-state index in [0.29, 0.717) is 13.2 Å². The Morgan fingerprint density at radius 1 is 1.00 bits per heavy atom. The minimum Gasteiger partial charge on any atom is -0.385 e. The number of hydrogen-bond donors (Lipinski definition) is 1. The summed E-state index contributed by atoms with van der Waals surface area (Å²) in [6.07, 6.45) is 1.85. The lowest BCUT2D eigenvalue weighted by atomic mass is 10.3. The Labute approximate surface area is 86.7 Å². The normalized spacial score (nSPS) is 13.1. The minimum atomic E-state index is 0.220. The molecule has 1 unspecified atom stereocenters. The van der Waals surface area contributed by atoms with Crippen LogP contribution in [0.15, 0.2) is 0 Å². The zero-order chi connectivity index (χ0) is 10.6. The van der Waals surface area contributed by atoms with E-state index in [1.807, 2.05) is 6.92 Å². The lowest BCUT2D eigenvalue weighted by molar-refractivity contribution is 0.0382. The number of methoxy groups -OCH3 is 1. The van der Waals surface area contributed by atoms with E-state index in [2.05, 4.69) is 0 Å². The second-order valence-corrected chi connectivity index (χ2v) is 3.34. The third-order valence-electron chi connectivity index (χ3n) is 1.73. The molecule has 0 aromatic rings. The van der Waals surface area contributed by atoms with E-state index in [1.165, 1.54) is 0 Å². The molecule has 86 valence electrons. The lowest BCUT2D eigenvalue weighted by Gasteiger charge is -2.07. The zero-order valence-corrected chi connectivity index (χ0v) is 9.33. The van der Waals surface area contributed by atoms with Crippen LogP contribution in [0.2, 0.25) is 0 Å². The smallest absolute Gasteiger partial charge is 0.0700 e. The fourth-order valence-electron chi connectivity index (χ4n) is 0.897. The van der Waals surface area contributed by atoms with Crippen LogP contribution in [0.1, 0.15) is 19.8 Å². The van der Waals surface area contributed by atoms with Gasteiger partial charge in [-0.05, 0) is 19.8 Å². The minimum absolute atomic E-state index is 0.220. The monoisotopic (exact) mass is 205 g/mol. The van der Waals surface area contributed by atoms with Gasteiger partial charge in [0.05, 0.1) is 13.2 Å². The van der Waals surface area contributed by atoms with Crippen LogP contribution in [-0.4, -0.2) is 46.2 Å². The van der Waals surface area contributed by atoms with E-state index in [4.69, 9.17) is 19.9 Å². The van der Waals surface area contributed by atoms with Gasteiger partial charge in [0.15, 0.2) is 0 Å². The van der Waals surface area contributed by atoms with E-state index in [0.717, 1.165) is 32.7 Å². The molecule has 0 aliphatic heterocycles. The summed E-state index contributed by atoms with van der Waals surface area (Å²) < 4.78 is 15.5. The van der Waals surface area contributed by atoms with Crippen LogP contribution in [0.5, 0.6) is 0 Å². The summed E-state index contributed by atoms with van der Waals surface area (Å²) in [4.78, 5) is 0. The summed E-state index contributed by atoms with van der Waals surface area (Å²) in [5, 5.41) is 0. The maximum Gasteiger partial charge on any atom is 0.0700 e. The van der Waals surface area contributed by atoms with Gasteiger partial charge in [-0.2, -0.15) is 0 Å². The Kier molecular flexibility index (Phi) is 10.8. The topological polar surface area (TPSA) is 53.7 Å². The first kappa shape index (κ1) is 13.8. The van der Waals surface area contributed by atoms with Gasteiger partial charge in [-0.25, -0.2) is 0 Å². The summed E-state index contributed by atoms with van der Waals surface area (Å²) in [5.74, 6) is 0. The van der Waals surface area contributed by atoms with Crippen LogP contribution in [0.25, 0.3) is 0 Å². The maximum absolute atomic E-state index is 5.56. The molecule has 0 rings (SSSR count). The average Bonchev–Trinajstić information content (AvgIpc) is 2.15. The Bertz CT molecular complexity index is 110. The van der Waals surface area contributed by atoms with Crippen LogP contribution in [0.4, 0.5) is 0 Å². The van der Waals surface area contributed by atoms with Gasteiger partial charge in [0.25, 0.3) is 0 Å². The molecule has 4 heteroatoms. The molecule has 0 aromatic heterocycles. The third kappa shape index (κ3) is 11.8. The van der Waals surface area contributed by atoms with Crippen LogP contribution in [0, 0.1) is 0 Å². The van der Waals surface area contributed by atoms with Crippen molar-refractivity contribution in [2.45, 2.75) is 25.8 Å². The van der Waals surface area contributed by atoms with E-state index in [9.17, 15) is 0 Å². The molecule has 0 spiro atoms. The fraction of sp³-hybridized carbons (Fsp3) is 1.00. The molecule has 0 saturated heterocycles. The van der Waals surface area contributed by atoms with Crippen molar-refractivity contribution in [3.05, 3.63) is 0 Å². The summed E-state index contributed by atoms with van der Waals surface area (Å²) in [5.41, 5.74) is 5.56. The Hall–Kier alpha value is -0.160. The van der Waals surface area contributed by atoms with Crippen LogP contribution < -0.4 is 5.73 Å². The molecule has 14 heavy (non-hydrogen) atoms. The van der Waals surface area contributed by atoms with Crippen molar-refractivity contribution in [2.24, 2.45) is 5.73 Å². The maximum atomic E-state index is 5.56. The molecule has 0 bridgehead atoms. The molecule has 1 atom stereocenters. The van der Waals surface area contributed by atoms with Gasteiger partial charge in [0, 0.05) is 33.0 Å². The Morgan fingerprint density at radius 2 is 1.64 bits per heavy atom. The second kappa shape index (κ2) is 10.9. The molecular formula is C10H23NO3. The highest BCUT2D eigenvalue weighted by atomic mass is 16.5. The highest BCUT2D eigenvalue weighted by Gasteiger charge is 1.94. The molecule has 2 N–H and O–H groups in total. The van der Waals surface area contributed by atoms with Gasteiger partial charge in [-0.1, -0.05) is 0 Å². The average molecular weight is 205 g/mol. The first-order valence-electron chi connectivity index (χ1n) is 5.17. The highest BCUT2D eigenvalue weighted by Crippen LogP contribution is 1.88. The van der Waals surface area contributed by atoms with Crippen molar-refractivity contribution in [1.29, 1.82) is 0 Å². The van der Waals surface area contributed by atoms with E-state index >= 15 is 0 Å². The van der Waals surface area contributed by atoms with Crippen molar-refractivity contribution in [3.63, 3.8) is 0 Å². The first-order chi connectivity index (χ1) is 6.77. The Morgan fingerprint density at radius 3 is 2.21 bits per heavy atom. The standard InChI is InChI=1S/C10H23NO3/c1-10(11)4-7-14-9-8-13-6-3-5-12-2/h10H,3-9,11H2,1-2H3. The molecule has 0 heterocycles. The van der Waals surface area contributed by atoms with Gasteiger partial charge in [-0.3, -0.25) is 0 Å². The molecular weight excluding hydrogens is 182 g/mol. The number of nitrogens with two attached hydrogens (primary N) is 1. The molecule has 0 aromatic carbocycles. The predicted octanol–water partition coefficient (Wildman–Crippen LogP) is 0.793. The molecule has 0 amide bonds. The van der Waals surface area contributed by atoms with Gasteiger partial charge < -0.3 is 19.9 Å². The van der Waals surface area contributed by atoms with Gasteiger partial charge >= 0.3 is 0 Å². The fourth-order valence-corrected chi connectivity index (χ4v) is 0.897. The molecule has 0 aliphatic rings. The van der Waals surface area contributed by atoms with Crippen molar-refractivity contribution in [2.75, 3.05) is 40.1 Å². The number of hydrogen-bond acceptors (Lipinski definition) is 4. The highest BCUT2D eigenvalue weighted by molar-refractivity contribution is 4.50. The van der Waals surface area contributed by atoms with E-state index < -0.39 is 0 Å². The second-order valence-electron chi connectivity index (χ2n) is 3.34. The molecule has 0 aliphatic carbocycles. The summed E-state index contributed by atoms with van der Waals surface area (Å²) >= 11 is 0. The SMILES string of the molecule is COCCCOCCOCCC(C)N. The van der Waals surface area contributed by atoms with Crippen molar-refractivity contribution >= 4 is 0 Å². The van der Waals surface area contributed by atoms with Crippen molar-refractivity contribution < 1.29 is 14.2 Å². The van der Waals surface area contributed by atoms with Crippen LogP contribution >= 0.6 is 0 Å². The van der Waals surface area contributed by atoms with Gasteiger partial charge in [-0.15, -0.1) is 0 Å². The van der Waals surface area contributed by atoms with E-state index in [-0.39, 0.29) is 6.04 Å². The Balaban J connectivity index is 2.85. The summed E-state index contributed by atoms with van der Waals surface area (Å²) in [6.45, 7) is 5.50. The van der Waals surface area contributed by atoms with E-state index in [1.54, 1.807) is 7.11 Å². The number of ether oxygens (including phenoxy) is 3. The quantitative estimate of drug-likeness (QED) is 0.536.